The van der Waals surface area contributed by atoms with Crippen molar-refractivity contribution >= 4 is 5.91 Å². The van der Waals surface area contributed by atoms with E-state index in [4.69, 9.17) is 0 Å². The smallest absolute Gasteiger partial charge is 0.225 e. The summed E-state index contributed by atoms with van der Waals surface area (Å²) in [6.45, 7) is 5.99. The quantitative estimate of drug-likeness (QED) is 0.780. The number of nitrogens with zero attached hydrogens (tertiary/aromatic N) is 3. The Bertz CT molecular complexity index is 528. The second-order valence-electron chi connectivity index (χ2n) is 8.03. The van der Waals surface area contributed by atoms with Crippen LogP contribution in [0.25, 0.3) is 0 Å². The molecule has 1 amide bonds. The summed E-state index contributed by atoms with van der Waals surface area (Å²) in [6, 6.07) is 0.724. The molecule has 1 atom stereocenters. The van der Waals surface area contributed by atoms with Crippen molar-refractivity contribution in [3.63, 3.8) is 0 Å². The molecule has 0 radical (unpaired) electrons. The fraction of sp³-hybridized carbons (Fsp3) is 0.850. The Morgan fingerprint density at radius 1 is 1.19 bits per heavy atom. The summed E-state index contributed by atoms with van der Waals surface area (Å²) in [7, 11) is 0. The predicted molar refractivity (Wildman–Crippen MR) is 103 cm³/mol. The number of H-pyrrole nitrogens is 1. The molecular formula is C20H35N5O. The Morgan fingerprint density at radius 2 is 1.88 bits per heavy atom. The van der Waals surface area contributed by atoms with Crippen LogP contribution in [0, 0.1) is 11.8 Å². The van der Waals surface area contributed by atoms with E-state index in [0.29, 0.717) is 17.9 Å². The minimum atomic E-state index is 0.198. The third kappa shape index (κ3) is 4.64. The first-order chi connectivity index (χ1) is 12.7. The molecule has 6 nitrogen and oxygen atoms in total. The molecule has 0 spiro atoms. The van der Waals surface area contributed by atoms with Gasteiger partial charge in [-0.05, 0) is 44.4 Å². The van der Waals surface area contributed by atoms with Crippen molar-refractivity contribution in [3.8, 4) is 0 Å². The van der Waals surface area contributed by atoms with Gasteiger partial charge in [0.05, 0.1) is 6.04 Å². The molecule has 2 heterocycles. The monoisotopic (exact) mass is 361 g/mol. The maximum absolute atomic E-state index is 12.6. The van der Waals surface area contributed by atoms with Gasteiger partial charge in [-0.1, -0.05) is 33.1 Å². The molecular weight excluding hydrogens is 326 g/mol. The summed E-state index contributed by atoms with van der Waals surface area (Å²) >= 11 is 0. The number of amides is 1. The van der Waals surface area contributed by atoms with Gasteiger partial charge >= 0.3 is 0 Å². The van der Waals surface area contributed by atoms with Crippen molar-refractivity contribution in [2.45, 2.75) is 83.7 Å². The molecule has 2 fully saturated rings. The Morgan fingerprint density at radius 3 is 2.46 bits per heavy atom. The number of hydrogen-bond donors (Lipinski definition) is 2. The number of rotatable bonds is 7. The van der Waals surface area contributed by atoms with E-state index in [1.807, 2.05) is 0 Å². The lowest BCUT2D eigenvalue weighted by Crippen LogP contribution is -2.48. The van der Waals surface area contributed by atoms with E-state index in [2.05, 4.69) is 39.2 Å². The van der Waals surface area contributed by atoms with Gasteiger partial charge in [0.2, 0.25) is 5.91 Å². The lowest BCUT2D eigenvalue weighted by Gasteiger charge is -2.38. The number of likely N-dealkylation sites (tertiary alicyclic amines) is 1. The molecule has 3 rings (SSSR count). The highest BCUT2D eigenvalue weighted by atomic mass is 16.2. The van der Waals surface area contributed by atoms with E-state index >= 15 is 0 Å². The van der Waals surface area contributed by atoms with Crippen molar-refractivity contribution in [1.29, 1.82) is 0 Å². The number of piperidine rings is 1. The van der Waals surface area contributed by atoms with Crippen molar-refractivity contribution in [2.24, 2.45) is 11.8 Å². The molecule has 6 heteroatoms. The van der Waals surface area contributed by atoms with Crippen LogP contribution >= 0.6 is 0 Å². The van der Waals surface area contributed by atoms with Gasteiger partial charge in [-0.25, -0.2) is 4.98 Å². The standard InChI is InChI=1S/C20H35N5O/c1-3-15(4-2)20(26)25-12-10-17(11-13-25)23-18(19-21-14-22-24-19)16-8-6-5-7-9-16/h14-18,23H,3-13H2,1-2H3,(H,21,22,24). The zero-order valence-electron chi connectivity index (χ0n) is 16.4. The van der Waals surface area contributed by atoms with E-state index in [0.717, 1.165) is 44.6 Å². The average Bonchev–Trinajstić information content (AvgIpc) is 3.22. The molecule has 26 heavy (non-hydrogen) atoms. The summed E-state index contributed by atoms with van der Waals surface area (Å²) in [5.74, 6) is 2.17. The Labute approximate surface area is 157 Å². The second kappa shape index (κ2) is 9.49. The summed E-state index contributed by atoms with van der Waals surface area (Å²) in [6.07, 6.45) is 12.1. The van der Waals surface area contributed by atoms with Crippen molar-refractivity contribution < 1.29 is 4.79 Å². The zero-order valence-corrected chi connectivity index (χ0v) is 16.4. The molecule has 1 aliphatic heterocycles. The maximum atomic E-state index is 12.6. The fourth-order valence-electron chi connectivity index (χ4n) is 4.69. The largest absolute Gasteiger partial charge is 0.342 e. The molecule has 1 saturated heterocycles. The fourth-order valence-corrected chi connectivity index (χ4v) is 4.69. The van der Waals surface area contributed by atoms with Gasteiger partial charge in [0.1, 0.15) is 12.2 Å². The van der Waals surface area contributed by atoms with Crippen LogP contribution in [0.4, 0.5) is 0 Å². The predicted octanol–water partition coefficient (Wildman–Crippen LogP) is 3.44. The summed E-state index contributed by atoms with van der Waals surface area (Å²) < 4.78 is 0. The van der Waals surface area contributed by atoms with Crippen LogP contribution in [0.5, 0.6) is 0 Å². The molecule has 1 aromatic rings. The Hall–Kier alpha value is -1.43. The van der Waals surface area contributed by atoms with E-state index in [1.165, 1.54) is 32.1 Å². The van der Waals surface area contributed by atoms with Gasteiger partial charge in [-0.3, -0.25) is 9.89 Å². The van der Waals surface area contributed by atoms with Crippen molar-refractivity contribution in [3.05, 3.63) is 12.2 Å². The van der Waals surface area contributed by atoms with Gasteiger partial charge in [0, 0.05) is 25.0 Å². The van der Waals surface area contributed by atoms with E-state index < -0.39 is 0 Å². The molecule has 1 unspecified atom stereocenters. The highest BCUT2D eigenvalue weighted by molar-refractivity contribution is 5.78. The van der Waals surface area contributed by atoms with Crippen LogP contribution in [0.3, 0.4) is 0 Å². The number of carbonyl (C=O) groups excluding carboxylic acids is 1. The lowest BCUT2D eigenvalue weighted by molar-refractivity contribution is -0.136. The number of aromatic amines is 1. The van der Waals surface area contributed by atoms with Crippen LogP contribution in [-0.4, -0.2) is 45.1 Å². The molecule has 2 N–H and O–H groups in total. The van der Waals surface area contributed by atoms with Gasteiger partial charge < -0.3 is 10.2 Å². The molecule has 146 valence electrons. The third-order valence-corrected chi connectivity index (χ3v) is 6.41. The summed E-state index contributed by atoms with van der Waals surface area (Å²) in [5, 5.41) is 11.0. The van der Waals surface area contributed by atoms with Crippen LogP contribution in [0.1, 0.15) is 83.5 Å². The zero-order chi connectivity index (χ0) is 18.4. The highest BCUT2D eigenvalue weighted by Crippen LogP contribution is 2.34. The third-order valence-electron chi connectivity index (χ3n) is 6.41. The van der Waals surface area contributed by atoms with Crippen molar-refractivity contribution in [2.75, 3.05) is 13.1 Å². The van der Waals surface area contributed by atoms with Gasteiger partial charge in [0.15, 0.2) is 0 Å². The van der Waals surface area contributed by atoms with Gasteiger partial charge in [0.25, 0.3) is 0 Å². The highest BCUT2D eigenvalue weighted by Gasteiger charge is 2.32. The molecule has 2 aliphatic rings. The number of carbonyl (C=O) groups is 1. The van der Waals surface area contributed by atoms with Crippen LogP contribution < -0.4 is 5.32 Å². The molecule has 0 bridgehead atoms. The summed E-state index contributed by atoms with van der Waals surface area (Å²) in [4.78, 5) is 19.1. The second-order valence-corrected chi connectivity index (χ2v) is 8.03. The first-order valence-electron chi connectivity index (χ1n) is 10.6. The van der Waals surface area contributed by atoms with Crippen LogP contribution in [-0.2, 0) is 4.79 Å². The number of aromatic nitrogens is 3. The first kappa shape index (κ1) is 19.3. The van der Waals surface area contributed by atoms with Gasteiger partial charge in [-0.2, -0.15) is 5.10 Å². The van der Waals surface area contributed by atoms with Crippen molar-refractivity contribution in [1.82, 2.24) is 25.4 Å². The lowest BCUT2D eigenvalue weighted by atomic mass is 9.83. The van der Waals surface area contributed by atoms with E-state index in [-0.39, 0.29) is 12.0 Å². The number of nitrogens with one attached hydrogen (secondary N) is 2. The molecule has 0 aromatic carbocycles. The molecule has 1 saturated carbocycles. The first-order valence-corrected chi connectivity index (χ1v) is 10.6. The normalized spacial score (nSPS) is 21.3. The Kier molecular flexibility index (Phi) is 7.06. The molecule has 1 aliphatic carbocycles. The van der Waals surface area contributed by atoms with E-state index in [9.17, 15) is 4.79 Å². The maximum Gasteiger partial charge on any atom is 0.225 e. The minimum Gasteiger partial charge on any atom is -0.342 e. The van der Waals surface area contributed by atoms with E-state index in [1.54, 1.807) is 6.33 Å². The minimum absolute atomic E-state index is 0.198. The van der Waals surface area contributed by atoms with Crippen LogP contribution in [0.2, 0.25) is 0 Å². The van der Waals surface area contributed by atoms with Crippen LogP contribution in [0.15, 0.2) is 6.33 Å². The molecule has 1 aromatic heterocycles. The average molecular weight is 362 g/mol. The summed E-state index contributed by atoms with van der Waals surface area (Å²) in [5.41, 5.74) is 0. The van der Waals surface area contributed by atoms with Gasteiger partial charge in [-0.15, -0.1) is 0 Å². The topological polar surface area (TPSA) is 73.9 Å². The number of hydrogen-bond acceptors (Lipinski definition) is 4. The SMILES string of the molecule is CCC(CC)C(=O)N1CCC(NC(c2ncn[nH]2)C2CCCCC2)CC1. The Balaban J connectivity index is 1.56.